The molecule has 1 aliphatic heterocycles. The highest BCUT2D eigenvalue weighted by Gasteiger charge is 2.32. The molecule has 2 heterocycles. The van der Waals surface area contributed by atoms with Gasteiger partial charge in [0.25, 0.3) is 0 Å². The first kappa shape index (κ1) is 16.2. The van der Waals surface area contributed by atoms with Gasteiger partial charge in [-0.15, -0.1) is 0 Å². The number of hydrogen-bond donors (Lipinski definition) is 1. The number of hydrogen-bond acceptors (Lipinski definition) is 4. The molecule has 3 rings (SSSR count). The van der Waals surface area contributed by atoms with Gasteiger partial charge in [-0.2, -0.15) is 11.3 Å². The van der Waals surface area contributed by atoms with Crippen LogP contribution in [-0.4, -0.2) is 38.4 Å². The van der Waals surface area contributed by atoms with E-state index in [0.717, 1.165) is 6.42 Å². The normalized spacial score (nSPS) is 18.5. The van der Waals surface area contributed by atoms with Crippen molar-refractivity contribution in [2.75, 3.05) is 13.1 Å². The molecule has 1 amide bonds. The zero-order chi connectivity index (χ0) is 16.3. The molecule has 2 aromatic rings. The monoisotopic (exact) mass is 350 g/mol. The number of benzene rings is 1. The Bertz CT molecular complexity index is 758. The van der Waals surface area contributed by atoms with E-state index < -0.39 is 10.0 Å². The molecule has 1 aromatic carbocycles. The van der Waals surface area contributed by atoms with E-state index in [2.05, 4.69) is 4.72 Å². The van der Waals surface area contributed by atoms with Gasteiger partial charge < -0.3 is 4.90 Å². The molecule has 0 radical (unpaired) electrons. The molecule has 0 saturated carbocycles. The molecular weight excluding hydrogens is 332 g/mol. The second-order valence-electron chi connectivity index (χ2n) is 5.56. The summed E-state index contributed by atoms with van der Waals surface area (Å²) in [5.74, 6) is -0.000972. The second kappa shape index (κ2) is 6.82. The van der Waals surface area contributed by atoms with E-state index in [9.17, 15) is 13.2 Å². The standard InChI is InChI=1S/C16H18N2O3S2/c19-16-10-14(17-23(20,21)15-7-9-22-12-15)11-18(16)8-6-13-4-2-1-3-5-13/h1-5,7,9,12,14,17H,6,8,10-11H2/t14-/m0/s1. The molecule has 1 atom stereocenters. The Balaban J connectivity index is 1.57. The van der Waals surface area contributed by atoms with Crippen LogP contribution in [-0.2, 0) is 21.2 Å². The third-order valence-corrected chi connectivity index (χ3v) is 6.21. The summed E-state index contributed by atoms with van der Waals surface area (Å²) in [4.78, 5) is 14.1. The molecule has 7 heteroatoms. The lowest BCUT2D eigenvalue weighted by molar-refractivity contribution is -0.127. The maximum Gasteiger partial charge on any atom is 0.241 e. The van der Waals surface area contributed by atoms with Crippen LogP contribution in [0.25, 0.3) is 0 Å². The lowest BCUT2D eigenvalue weighted by Crippen LogP contribution is -2.37. The van der Waals surface area contributed by atoms with Crippen LogP contribution in [0.3, 0.4) is 0 Å². The minimum atomic E-state index is -3.53. The van der Waals surface area contributed by atoms with Crippen LogP contribution in [0.5, 0.6) is 0 Å². The van der Waals surface area contributed by atoms with E-state index >= 15 is 0 Å². The largest absolute Gasteiger partial charge is 0.341 e. The van der Waals surface area contributed by atoms with Crippen LogP contribution in [0.1, 0.15) is 12.0 Å². The van der Waals surface area contributed by atoms with Gasteiger partial charge in [-0.25, -0.2) is 13.1 Å². The van der Waals surface area contributed by atoms with Crippen LogP contribution in [0.2, 0.25) is 0 Å². The molecular formula is C16H18N2O3S2. The fourth-order valence-electron chi connectivity index (χ4n) is 2.67. The van der Waals surface area contributed by atoms with Crippen molar-refractivity contribution < 1.29 is 13.2 Å². The predicted octanol–water partition coefficient (Wildman–Crippen LogP) is 1.87. The molecule has 0 aliphatic carbocycles. The van der Waals surface area contributed by atoms with Gasteiger partial charge in [0.2, 0.25) is 15.9 Å². The molecule has 5 nitrogen and oxygen atoms in total. The van der Waals surface area contributed by atoms with Crippen LogP contribution >= 0.6 is 11.3 Å². The summed E-state index contributed by atoms with van der Waals surface area (Å²) in [5, 5.41) is 3.31. The van der Waals surface area contributed by atoms with Crippen LogP contribution in [0, 0.1) is 0 Å². The third kappa shape index (κ3) is 3.99. The third-order valence-electron chi connectivity index (χ3n) is 3.85. The molecule has 1 saturated heterocycles. The van der Waals surface area contributed by atoms with Crippen molar-refractivity contribution in [2.45, 2.75) is 23.8 Å². The van der Waals surface area contributed by atoms with Gasteiger partial charge in [0.05, 0.1) is 4.90 Å². The van der Waals surface area contributed by atoms with Gasteiger partial charge in [-0.3, -0.25) is 4.79 Å². The first-order valence-electron chi connectivity index (χ1n) is 7.41. The van der Waals surface area contributed by atoms with Gasteiger partial charge in [-0.1, -0.05) is 30.3 Å². The Morgan fingerprint density at radius 3 is 2.70 bits per heavy atom. The zero-order valence-electron chi connectivity index (χ0n) is 12.5. The van der Waals surface area contributed by atoms with E-state index in [1.165, 1.54) is 16.9 Å². The lowest BCUT2D eigenvalue weighted by atomic mass is 10.1. The number of rotatable bonds is 6. The molecule has 122 valence electrons. The van der Waals surface area contributed by atoms with Crippen LogP contribution in [0.4, 0.5) is 0 Å². The van der Waals surface area contributed by atoms with E-state index in [4.69, 9.17) is 0 Å². The minimum Gasteiger partial charge on any atom is -0.341 e. The van der Waals surface area contributed by atoms with Gasteiger partial charge in [0.15, 0.2) is 0 Å². The van der Waals surface area contributed by atoms with E-state index in [1.54, 1.807) is 21.7 Å². The zero-order valence-corrected chi connectivity index (χ0v) is 14.1. The van der Waals surface area contributed by atoms with Crippen molar-refractivity contribution in [3.8, 4) is 0 Å². The van der Waals surface area contributed by atoms with Crippen molar-refractivity contribution in [3.05, 3.63) is 52.7 Å². The van der Waals surface area contributed by atoms with Crippen LogP contribution in [0.15, 0.2) is 52.1 Å². The van der Waals surface area contributed by atoms with E-state index in [0.29, 0.717) is 13.1 Å². The fourth-order valence-corrected chi connectivity index (χ4v) is 4.92. The number of amides is 1. The Kier molecular flexibility index (Phi) is 4.79. The van der Waals surface area contributed by atoms with Crippen molar-refractivity contribution in [1.82, 2.24) is 9.62 Å². The predicted molar refractivity (Wildman–Crippen MR) is 89.8 cm³/mol. The summed E-state index contributed by atoms with van der Waals surface area (Å²) in [5.41, 5.74) is 1.17. The maximum atomic E-state index is 12.2. The van der Waals surface area contributed by atoms with Gasteiger partial charge >= 0.3 is 0 Å². The summed E-state index contributed by atoms with van der Waals surface area (Å²) in [7, 11) is -3.53. The van der Waals surface area contributed by atoms with Crippen molar-refractivity contribution in [1.29, 1.82) is 0 Å². The molecule has 1 aliphatic rings. The minimum absolute atomic E-state index is 0.000972. The van der Waals surface area contributed by atoms with Gasteiger partial charge in [0.1, 0.15) is 0 Å². The first-order chi connectivity index (χ1) is 11.0. The Morgan fingerprint density at radius 2 is 2.00 bits per heavy atom. The molecule has 23 heavy (non-hydrogen) atoms. The molecule has 1 N–H and O–H groups in total. The number of likely N-dealkylation sites (tertiary alicyclic amines) is 1. The topological polar surface area (TPSA) is 66.5 Å². The molecule has 0 spiro atoms. The molecule has 0 unspecified atom stereocenters. The average Bonchev–Trinajstić information content (AvgIpc) is 3.16. The number of carbonyl (C=O) groups excluding carboxylic acids is 1. The molecule has 1 aromatic heterocycles. The van der Waals surface area contributed by atoms with Crippen LogP contribution < -0.4 is 4.72 Å². The first-order valence-corrected chi connectivity index (χ1v) is 9.83. The number of carbonyl (C=O) groups is 1. The van der Waals surface area contributed by atoms with Gasteiger partial charge in [-0.05, 0) is 23.4 Å². The summed E-state index contributed by atoms with van der Waals surface area (Å²) in [6.07, 6.45) is 0.995. The maximum absolute atomic E-state index is 12.2. The quantitative estimate of drug-likeness (QED) is 0.865. The number of sulfonamides is 1. The Hall–Kier alpha value is -1.70. The number of nitrogens with zero attached hydrogens (tertiary/aromatic N) is 1. The lowest BCUT2D eigenvalue weighted by Gasteiger charge is -2.17. The van der Waals surface area contributed by atoms with Crippen molar-refractivity contribution in [2.24, 2.45) is 0 Å². The van der Waals surface area contributed by atoms with Crippen molar-refractivity contribution >= 4 is 27.3 Å². The number of thiophene rings is 1. The summed E-state index contributed by atoms with van der Waals surface area (Å²) in [6.45, 7) is 1.04. The summed E-state index contributed by atoms with van der Waals surface area (Å²) >= 11 is 1.33. The Labute approximate surface area is 140 Å². The van der Waals surface area contributed by atoms with Gasteiger partial charge in [0, 0.05) is 30.9 Å². The fraction of sp³-hybridized carbons (Fsp3) is 0.312. The Morgan fingerprint density at radius 1 is 1.22 bits per heavy atom. The SMILES string of the molecule is O=C1C[C@H](NS(=O)(=O)c2ccsc2)CN1CCc1ccccc1. The second-order valence-corrected chi connectivity index (χ2v) is 8.05. The molecule has 0 bridgehead atoms. The summed E-state index contributed by atoms with van der Waals surface area (Å²) < 4.78 is 27.0. The smallest absolute Gasteiger partial charge is 0.241 e. The van der Waals surface area contributed by atoms with E-state index in [1.807, 2.05) is 30.3 Å². The highest BCUT2D eigenvalue weighted by molar-refractivity contribution is 7.89. The number of nitrogens with one attached hydrogen (secondary N) is 1. The highest BCUT2D eigenvalue weighted by Crippen LogP contribution is 2.17. The molecule has 1 fully saturated rings. The van der Waals surface area contributed by atoms with E-state index in [-0.39, 0.29) is 23.3 Å². The summed E-state index contributed by atoms with van der Waals surface area (Å²) in [6, 6.07) is 11.2. The highest BCUT2D eigenvalue weighted by atomic mass is 32.2. The van der Waals surface area contributed by atoms with Crippen molar-refractivity contribution in [3.63, 3.8) is 0 Å². The average molecular weight is 350 g/mol.